The fraction of sp³-hybridized carbons (Fsp3) is 0.917. The maximum atomic E-state index is 12.2. The number of carbonyl (C=O) groups excluding carboxylic acids is 1. The second-order valence-electron chi connectivity index (χ2n) is 4.31. The summed E-state index contributed by atoms with van der Waals surface area (Å²) < 4.78 is 0. The van der Waals surface area contributed by atoms with Crippen LogP contribution in [0.15, 0.2) is 0 Å². The van der Waals surface area contributed by atoms with Crippen molar-refractivity contribution in [1.82, 2.24) is 9.80 Å². The molecule has 1 saturated heterocycles. The molecule has 1 aliphatic rings. The van der Waals surface area contributed by atoms with Gasteiger partial charge in [0.25, 0.3) is 0 Å². The highest BCUT2D eigenvalue weighted by atomic mass is 16.3. The first-order chi connectivity index (χ1) is 7.74. The summed E-state index contributed by atoms with van der Waals surface area (Å²) in [5.41, 5.74) is 0. The fourth-order valence-electron chi connectivity index (χ4n) is 2.39. The molecule has 0 aromatic carbocycles. The molecule has 0 aliphatic carbocycles. The number of hydrogen-bond acceptors (Lipinski definition) is 2. The molecular weight excluding hydrogens is 204 g/mol. The van der Waals surface area contributed by atoms with Gasteiger partial charge in [-0.1, -0.05) is 0 Å². The van der Waals surface area contributed by atoms with Crippen molar-refractivity contribution < 1.29 is 9.90 Å². The van der Waals surface area contributed by atoms with Crippen LogP contribution in [0.4, 0.5) is 4.79 Å². The van der Waals surface area contributed by atoms with Gasteiger partial charge >= 0.3 is 6.03 Å². The largest absolute Gasteiger partial charge is 0.396 e. The number of rotatable bonds is 5. The van der Waals surface area contributed by atoms with Crippen LogP contribution in [0.5, 0.6) is 0 Å². The summed E-state index contributed by atoms with van der Waals surface area (Å²) >= 11 is 0. The first-order valence-electron chi connectivity index (χ1n) is 6.41. The van der Waals surface area contributed by atoms with Crippen LogP contribution < -0.4 is 0 Å². The Balaban J connectivity index is 2.52. The molecule has 0 aromatic heterocycles. The zero-order valence-corrected chi connectivity index (χ0v) is 10.5. The Kier molecular flexibility index (Phi) is 5.60. The second kappa shape index (κ2) is 6.74. The molecule has 16 heavy (non-hydrogen) atoms. The Bertz CT molecular complexity index is 217. The minimum Gasteiger partial charge on any atom is -0.396 e. The van der Waals surface area contributed by atoms with E-state index in [0.717, 1.165) is 45.3 Å². The topological polar surface area (TPSA) is 43.8 Å². The Morgan fingerprint density at radius 3 is 2.69 bits per heavy atom. The van der Waals surface area contributed by atoms with E-state index in [9.17, 15) is 4.79 Å². The highest BCUT2D eigenvalue weighted by molar-refractivity contribution is 5.75. The molecule has 2 amide bonds. The van der Waals surface area contributed by atoms with E-state index in [1.165, 1.54) is 0 Å². The maximum absolute atomic E-state index is 12.2. The summed E-state index contributed by atoms with van der Waals surface area (Å²) in [6, 6.07) is 0.519. The lowest BCUT2D eigenvalue weighted by atomic mass is 10.1. The number of amides is 2. The molecule has 1 fully saturated rings. The molecule has 4 heteroatoms. The lowest BCUT2D eigenvalue weighted by Crippen LogP contribution is -2.45. The number of aliphatic hydroxyl groups excluding tert-OH is 1. The molecule has 0 aromatic rings. The normalized spacial score (nSPS) is 20.2. The molecule has 1 aliphatic heterocycles. The van der Waals surface area contributed by atoms with E-state index in [1.54, 1.807) is 0 Å². The van der Waals surface area contributed by atoms with E-state index in [0.29, 0.717) is 6.04 Å². The average molecular weight is 228 g/mol. The molecular formula is C12H24N2O2. The van der Waals surface area contributed by atoms with Crippen LogP contribution in [0, 0.1) is 0 Å². The van der Waals surface area contributed by atoms with E-state index in [-0.39, 0.29) is 12.6 Å². The molecule has 1 N–H and O–H groups in total. The van der Waals surface area contributed by atoms with Crippen LogP contribution in [0.1, 0.15) is 39.5 Å². The van der Waals surface area contributed by atoms with Gasteiger partial charge in [0.05, 0.1) is 0 Å². The highest BCUT2D eigenvalue weighted by Crippen LogP contribution is 2.22. The summed E-state index contributed by atoms with van der Waals surface area (Å²) in [5, 5.41) is 8.84. The van der Waals surface area contributed by atoms with E-state index >= 15 is 0 Å². The Morgan fingerprint density at radius 2 is 2.12 bits per heavy atom. The lowest BCUT2D eigenvalue weighted by molar-refractivity contribution is 0.147. The van der Waals surface area contributed by atoms with Crippen LogP contribution in [0.2, 0.25) is 0 Å². The quantitative estimate of drug-likeness (QED) is 0.778. The number of urea groups is 1. The predicted octanol–water partition coefficient (Wildman–Crippen LogP) is 1.69. The minimum absolute atomic E-state index is 0.172. The van der Waals surface area contributed by atoms with Crippen molar-refractivity contribution >= 4 is 6.03 Å². The monoisotopic (exact) mass is 228 g/mol. The third-order valence-corrected chi connectivity index (χ3v) is 3.35. The van der Waals surface area contributed by atoms with Gasteiger partial charge in [-0.15, -0.1) is 0 Å². The van der Waals surface area contributed by atoms with Crippen molar-refractivity contribution in [2.24, 2.45) is 0 Å². The summed E-state index contributed by atoms with van der Waals surface area (Å²) in [6.45, 7) is 6.69. The van der Waals surface area contributed by atoms with Gasteiger partial charge in [0, 0.05) is 32.3 Å². The van der Waals surface area contributed by atoms with Gasteiger partial charge in [0.15, 0.2) is 0 Å². The van der Waals surface area contributed by atoms with Gasteiger partial charge in [-0.3, -0.25) is 0 Å². The molecule has 94 valence electrons. The molecule has 1 heterocycles. The Labute approximate surface area is 98.2 Å². The zero-order valence-electron chi connectivity index (χ0n) is 10.5. The maximum Gasteiger partial charge on any atom is 0.320 e. The van der Waals surface area contributed by atoms with Crippen LogP contribution in [0.3, 0.4) is 0 Å². The molecule has 1 unspecified atom stereocenters. The molecule has 4 nitrogen and oxygen atoms in total. The fourth-order valence-corrected chi connectivity index (χ4v) is 2.39. The molecule has 0 radical (unpaired) electrons. The van der Waals surface area contributed by atoms with Gasteiger partial charge in [-0.05, 0) is 39.5 Å². The Hall–Kier alpha value is -0.770. The van der Waals surface area contributed by atoms with Crippen molar-refractivity contribution in [2.75, 3.05) is 26.2 Å². The van der Waals surface area contributed by atoms with E-state index in [2.05, 4.69) is 0 Å². The standard InChI is InChI=1S/C12H24N2O2/c1-3-13(4-2)12(16)14-9-5-7-11(14)8-6-10-15/h11,15H,3-10H2,1-2H3. The zero-order chi connectivity index (χ0) is 12.0. The Morgan fingerprint density at radius 1 is 1.44 bits per heavy atom. The molecule has 1 atom stereocenters. The van der Waals surface area contributed by atoms with Crippen LogP contribution in [-0.4, -0.2) is 53.2 Å². The number of carbonyl (C=O) groups is 1. The van der Waals surface area contributed by atoms with E-state index in [1.807, 2.05) is 23.6 Å². The first-order valence-corrected chi connectivity index (χ1v) is 6.41. The smallest absolute Gasteiger partial charge is 0.320 e. The molecule has 1 rings (SSSR count). The van der Waals surface area contributed by atoms with E-state index in [4.69, 9.17) is 5.11 Å². The van der Waals surface area contributed by atoms with Gasteiger partial charge < -0.3 is 14.9 Å². The lowest BCUT2D eigenvalue weighted by Gasteiger charge is -2.30. The SMILES string of the molecule is CCN(CC)C(=O)N1CCCC1CCCO. The third kappa shape index (κ3) is 3.11. The summed E-state index contributed by atoms with van der Waals surface area (Å²) in [4.78, 5) is 16.0. The van der Waals surface area contributed by atoms with Crippen molar-refractivity contribution in [1.29, 1.82) is 0 Å². The van der Waals surface area contributed by atoms with Gasteiger partial charge in [0.2, 0.25) is 0 Å². The molecule has 0 bridgehead atoms. The van der Waals surface area contributed by atoms with Crippen molar-refractivity contribution in [3.8, 4) is 0 Å². The van der Waals surface area contributed by atoms with Gasteiger partial charge in [0.1, 0.15) is 0 Å². The number of hydrogen-bond donors (Lipinski definition) is 1. The minimum atomic E-state index is 0.172. The van der Waals surface area contributed by atoms with Crippen molar-refractivity contribution in [2.45, 2.75) is 45.6 Å². The average Bonchev–Trinajstić information content (AvgIpc) is 2.75. The van der Waals surface area contributed by atoms with Crippen LogP contribution in [-0.2, 0) is 0 Å². The van der Waals surface area contributed by atoms with Crippen LogP contribution in [0.25, 0.3) is 0 Å². The predicted molar refractivity (Wildman–Crippen MR) is 64.4 cm³/mol. The number of likely N-dealkylation sites (tertiary alicyclic amines) is 1. The summed E-state index contributed by atoms with van der Waals surface area (Å²) in [5.74, 6) is 0. The van der Waals surface area contributed by atoms with Crippen molar-refractivity contribution in [3.63, 3.8) is 0 Å². The number of aliphatic hydroxyl groups is 1. The van der Waals surface area contributed by atoms with Gasteiger partial charge in [-0.25, -0.2) is 4.79 Å². The van der Waals surface area contributed by atoms with Crippen LogP contribution >= 0.6 is 0 Å². The second-order valence-corrected chi connectivity index (χ2v) is 4.31. The highest BCUT2D eigenvalue weighted by Gasteiger charge is 2.30. The first kappa shape index (κ1) is 13.3. The summed E-state index contributed by atoms with van der Waals surface area (Å²) in [7, 11) is 0. The van der Waals surface area contributed by atoms with Crippen molar-refractivity contribution in [3.05, 3.63) is 0 Å². The molecule has 0 saturated carbocycles. The summed E-state index contributed by atoms with van der Waals surface area (Å²) in [6.07, 6.45) is 3.92. The van der Waals surface area contributed by atoms with E-state index < -0.39 is 0 Å². The number of nitrogens with zero attached hydrogens (tertiary/aromatic N) is 2. The third-order valence-electron chi connectivity index (χ3n) is 3.35. The molecule has 0 spiro atoms. The van der Waals surface area contributed by atoms with Gasteiger partial charge in [-0.2, -0.15) is 0 Å².